The average Bonchev–Trinajstić information content (AvgIpc) is 2.29. The number of rotatable bonds is 5. The Bertz CT molecular complexity index is 516. The highest BCUT2D eigenvalue weighted by atomic mass is 16.2. The summed E-state index contributed by atoms with van der Waals surface area (Å²) in [5, 5.41) is 3.08. The van der Waals surface area contributed by atoms with Gasteiger partial charge in [0.2, 0.25) is 0 Å². The van der Waals surface area contributed by atoms with Crippen molar-refractivity contribution in [1.29, 1.82) is 0 Å². The fraction of sp³-hybridized carbons (Fsp3) is 0.667. The Hall–Kier alpha value is -1.72. The molecule has 1 aromatic heterocycles. The normalized spacial score (nSPS) is 12.7. The second-order valence-corrected chi connectivity index (χ2v) is 4.85. The summed E-state index contributed by atoms with van der Waals surface area (Å²) >= 11 is 0. The predicted octanol–water partition coefficient (Wildman–Crippen LogP) is 0.985. The maximum absolute atomic E-state index is 11.8. The van der Waals surface area contributed by atoms with Crippen LogP contribution in [0.5, 0.6) is 0 Å². The van der Waals surface area contributed by atoms with Crippen molar-refractivity contribution in [1.82, 2.24) is 9.55 Å². The summed E-state index contributed by atoms with van der Waals surface area (Å²) in [4.78, 5) is 25.7. The highest BCUT2D eigenvalue weighted by Gasteiger charge is 2.15. The van der Waals surface area contributed by atoms with E-state index in [0.717, 1.165) is 6.42 Å². The molecule has 0 amide bonds. The molecular weight excluding hydrogens is 232 g/mol. The quantitative estimate of drug-likeness (QED) is 0.730. The van der Waals surface area contributed by atoms with Crippen molar-refractivity contribution in [3.8, 4) is 0 Å². The van der Waals surface area contributed by atoms with Crippen LogP contribution in [0.4, 0.5) is 11.5 Å². The van der Waals surface area contributed by atoms with Crippen molar-refractivity contribution in [3.05, 3.63) is 20.8 Å². The highest BCUT2D eigenvalue weighted by molar-refractivity contribution is 5.60. The summed E-state index contributed by atoms with van der Waals surface area (Å²) in [7, 11) is 0. The number of nitrogens with zero attached hydrogens (tertiary/aromatic N) is 1. The van der Waals surface area contributed by atoms with E-state index in [1.165, 1.54) is 4.57 Å². The van der Waals surface area contributed by atoms with Gasteiger partial charge in [0, 0.05) is 12.6 Å². The SMILES string of the molecule is CCCn1c(N)c(NC(C)C(C)C)c(=O)[nH]c1=O. The molecule has 4 N–H and O–H groups in total. The molecule has 0 aliphatic carbocycles. The highest BCUT2D eigenvalue weighted by Crippen LogP contribution is 2.14. The predicted molar refractivity (Wildman–Crippen MR) is 73.9 cm³/mol. The Kier molecular flexibility index (Phi) is 4.58. The van der Waals surface area contributed by atoms with Gasteiger partial charge in [-0.3, -0.25) is 14.3 Å². The van der Waals surface area contributed by atoms with Gasteiger partial charge in [0.1, 0.15) is 11.5 Å². The molecule has 1 unspecified atom stereocenters. The molecule has 0 fully saturated rings. The van der Waals surface area contributed by atoms with Gasteiger partial charge in [0.05, 0.1) is 0 Å². The second kappa shape index (κ2) is 5.75. The number of nitrogens with one attached hydrogen (secondary N) is 2. The zero-order chi connectivity index (χ0) is 13.9. The van der Waals surface area contributed by atoms with Gasteiger partial charge in [-0.15, -0.1) is 0 Å². The van der Waals surface area contributed by atoms with Crippen LogP contribution >= 0.6 is 0 Å². The first-order valence-electron chi connectivity index (χ1n) is 6.27. The van der Waals surface area contributed by atoms with Crippen LogP contribution in [0.15, 0.2) is 9.59 Å². The first kappa shape index (κ1) is 14.3. The standard InChI is InChI=1S/C12H22N4O2/c1-5-6-16-10(13)9(11(17)15-12(16)18)14-8(4)7(2)3/h7-8,14H,5-6,13H2,1-4H3,(H,15,17,18). The van der Waals surface area contributed by atoms with Crippen LogP contribution < -0.4 is 22.3 Å². The van der Waals surface area contributed by atoms with Crippen LogP contribution in [0.1, 0.15) is 34.1 Å². The number of aromatic nitrogens is 2. The van der Waals surface area contributed by atoms with E-state index in [1.807, 2.05) is 27.7 Å². The average molecular weight is 254 g/mol. The van der Waals surface area contributed by atoms with Gasteiger partial charge in [-0.05, 0) is 19.3 Å². The topological polar surface area (TPSA) is 92.9 Å². The van der Waals surface area contributed by atoms with E-state index in [9.17, 15) is 9.59 Å². The van der Waals surface area contributed by atoms with E-state index in [1.54, 1.807) is 0 Å². The van der Waals surface area contributed by atoms with E-state index in [0.29, 0.717) is 12.5 Å². The molecule has 0 saturated heterocycles. The minimum absolute atomic E-state index is 0.0981. The Morgan fingerprint density at radius 2 is 1.94 bits per heavy atom. The van der Waals surface area contributed by atoms with Gasteiger partial charge in [-0.1, -0.05) is 20.8 Å². The lowest BCUT2D eigenvalue weighted by molar-refractivity contribution is 0.557. The minimum atomic E-state index is -0.461. The summed E-state index contributed by atoms with van der Waals surface area (Å²) in [5.74, 6) is 0.563. The number of hydrogen-bond donors (Lipinski definition) is 3. The van der Waals surface area contributed by atoms with Gasteiger partial charge in [-0.2, -0.15) is 0 Å². The third-order valence-corrected chi connectivity index (χ3v) is 3.06. The van der Waals surface area contributed by atoms with Crippen LogP contribution in [0.3, 0.4) is 0 Å². The molecule has 0 aliphatic heterocycles. The maximum Gasteiger partial charge on any atom is 0.330 e. The number of nitrogens with two attached hydrogens (primary N) is 1. The van der Waals surface area contributed by atoms with Crippen molar-refractivity contribution in [2.75, 3.05) is 11.1 Å². The molecule has 1 atom stereocenters. The van der Waals surface area contributed by atoms with E-state index in [-0.39, 0.29) is 17.5 Å². The molecule has 102 valence electrons. The fourth-order valence-electron chi connectivity index (χ4n) is 1.57. The van der Waals surface area contributed by atoms with E-state index in [4.69, 9.17) is 5.73 Å². The molecule has 0 aromatic carbocycles. The molecule has 1 heterocycles. The zero-order valence-corrected chi connectivity index (χ0v) is 11.4. The van der Waals surface area contributed by atoms with Gasteiger partial charge >= 0.3 is 5.69 Å². The van der Waals surface area contributed by atoms with Crippen molar-refractivity contribution >= 4 is 11.5 Å². The first-order chi connectivity index (χ1) is 8.38. The van der Waals surface area contributed by atoms with Crippen LogP contribution in [0.2, 0.25) is 0 Å². The van der Waals surface area contributed by atoms with Gasteiger partial charge in [-0.25, -0.2) is 4.79 Å². The molecule has 0 radical (unpaired) electrons. The molecule has 0 spiro atoms. The molecular formula is C12H22N4O2. The van der Waals surface area contributed by atoms with Gasteiger partial charge in [0.15, 0.2) is 0 Å². The number of hydrogen-bond acceptors (Lipinski definition) is 4. The van der Waals surface area contributed by atoms with Crippen molar-refractivity contribution in [3.63, 3.8) is 0 Å². The van der Waals surface area contributed by atoms with Crippen LogP contribution in [-0.4, -0.2) is 15.6 Å². The Balaban J connectivity index is 3.23. The number of anilines is 2. The fourth-order valence-corrected chi connectivity index (χ4v) is 1.57. The summed E-state index contributed by atoms with van der Waals surface area (Å²) < 4.78 is 1.39. The summed E-state index contributed by atoms with van der Waals surface area (Å²) in [6, 6.07) is 0.0981. The smallest absolute Gasteiger partial charge is 0.330 e. The second-order valence-electron chi connectivity index (χ2n) is 4.85. The zero-order valence-electron chi connectivity index (χ0n) is 11.4. The summed E-state index contributed by atoms with van der Waals surface area (Å²) in [6.07, 6.45) is 0.773. The lowest BCUT2D eigenvalue weighted by Gasteiger charge is -2.20. The molecule has 6 nitrogen and oxygen atoms in total. The van der Waals surface area contributed by atoms with Gasteiger partial charge in [0.25, 0.3) is 5.56 Å². The third-order valence-electron chi connectivity index (χ3n) is 3.06. The van der Waals surface area contributed by atoms with Crippen LogP contribution in [-0.2, 0) is 6.54 Å². The minimum Gasteiger partial charge on any atom is -0.383 e. The molecule has 0 aliphatic rings. The summed E-state index contributed by atoms with van der Waals surface area (Å²) in [6.45, 7) is 8.50. The van der Waals surface area contributed by atoms with E-state index >= 15 is 0 Å². The van der Waals surface area contributed by atoms with Crippen molar-refractivity contribution in [2.24, 2.45) is 5.92 Å². The molecule has 6 heteroatoms. The number of aromatic amines is 1. The van der Waals surface area contributed by atoms with Crippen LogP contribution in [0, 0.1) is 5.92 Å². The molecule has 18 heavy (non-hydrogen) atoms. The monoisotopic (exact) mass is 254 g/mol. The lowest BCUT2D eigenvalue weighted by Crippen LogP contribution is -2.36. The third kappa shape index (κ3) is 2.94. The molecule has 0 saturated carbocycles. The van der Waals surface area contributed by atoms with E-state index < -0.39 is 11.2 Å². The van der Waals surface area contributed by atoms with E-state index in [2.05, 4.69) is 10.3 Å². The first-order valence-corrected chi connectivity index (χ1v) is 6.27. The lowest BCUT2D eigenvalue weighted by atomic mass is 10.1. The number of nitrogen functional groups attached to an aromatic ring is 1. The molecule has 0 bridgehead atoms. The molecule has 1 rings (SSSR count). The molecule has 1 aromatic rings. The van der Waals surface area contributed by atoms with Crippen LogP contribution in [0.25, 0.3) is 0 Å². The van der Waals surface area contributed by atoms with Gasteiger partial charge < -0.3 is 11.1 Å². The summed E-state index contributed by atoms with van der Waals surface area (Å²) in [5.41, 5.74) is 5.26. The Morgan fingerprint density at radius 1 is 1.33 bits per heavy atom. The maximum atomic E-state index is 11.8. The number of H-pyrrole nitrogens is 1. The van der Waals surface area contributed by atoms with Crippen molar-refractivity contribution < 1.29 is 0 Å². The Labute approximate surface area is 106 Å². The van der Waals surface area contributed by atoms with Crippen molar-refractivity contribution in [2.45, 2.75) is 46.7 Å². The largest absolute Gasteiger partial charge is 0.383 e. The Morgan fingerprint density at radius 3 is 2.44 bits per heavy atom.